The number of allylic oxidation sites excluding steroid dienone is 1. The number of rotatable bonds is 6. The number of hydrogen-bond acceptors (Lipinski definition) is 6. The summed E-state index contributed by atoms with van der Waals surface area (Å²) in [6, 6.07) is 8.46. The SMILES string of the molecule is CCOC(=O)CCC=Cc1ccc2cc(O)c(N3CC(=O)NS3(=O)=O)cc2c1. The van der Waals surface area contributed by atoms with Crippen LogP contribution in [0.5, 0.6) is 5.75 Å². The van der Waals surface area contributed by atoms with E-state index in [-0.39, 0.29) is 24.0 Å². The average Bonchev–Trinajstić information content (AvgIpc) is 2.90. The van der Waals surface area contributed by atoms with Gasteiger partial charge in [0.05, 0.1) is 12.3 Å². The lowest BCUT2D eigenvalue weighted by Gasteiger charge is -2.17. The molecule has 1 heterocycles. The summed E-state index contributed by atoms with van der Waals surface area (Å²) in [7, 11) is -4.01. The van der Waals surface area contributed by atoms with Gasteiger partial charge in [-0.25, -0.2) is 9.03 Å². The normalized spacial score (nSPS) is 15.9. The van der Waals surface area contributed by atoms with E-state index in [2.05, 4.69) is 0 Å². The van der Waals surface area contributed by atoms with Crippen LogP contribution in [0.3, 0.4) is 0 Å². The number of carbonyl (C=O) groups is 2. The fourth-order valence-electron chi connectivity index (χ4n) is 2.91. The van der Waals surface area contributed by atoms with E-state index < -0.39 is 16.1 Å². The van der Waals surface area contributed by atoms with Crippen LogP contribution in [0.4, 0.5) is 5.69 Å². The molecule has 0 spiro atoms. The second-order valence-electron chi connectivity index (χ2n) is 6.23. The van der Waals surface area contributed by atoms with E-state index in [9.17, 15) is 23.1 Å². The third-order valence-electron chi connectivity index (χ3n) is 4.18. The number of hydrogen-bond donors (Lipinski definition) is 2. The van der Waals surface area contributed by atoms with Gasteiger partial charge in [-0.1, -0.05) is 24.3 Å². The minimum Gasteiger partial charge on any atom is -0.506 e. The summed E-state index contributed by atoms with van der Waals surface area (Å²) in [5.74, 6) is -1.14. The maximum atomic E-state index is 12.0. The average molecular weight is 404 g/mol. The number of aromatic hydroxyl groups is 1. The number of phenolic OH excluding ortho intramolecular Hbond substituents is 1. The number of nitrogens with one attached hydrogen (secondary N) is 1. The Morgan fingerprint density at radius 3 is 2.75 bits per heavy atom. The molecular weight excluding hydrogens is 384 g/mol. The maximum absolute atomic E-state index is 12.0. The molecule has 0 aromatic heterocycles. The fraction of sp³-hybridized carbons (Fsp3) is 0.263. The van der Waals surface area contributed by atoms with Crippen molar-refractivity contribution in [3.8, 4) is 5.75 Å². The van der Waals surface area contributed by atoms with Crippen LogP contribution in [0.2, 0.25) is 0 Å². The van der Waals surface area contributed by atoms with Crippen molar-refractivity contribution in [1.29, 1.82) is 0 Å². The zero-order valence-electron chi connectivity index (χ0n) is 15.2. The highest BCUT2D eigenvalue weighted by molar-refractivity contribution is 7.92. The molecule has 1 fully saturated rings. The van der Waals surface area contributed by atoms with Gasteiger partial charge in [0.15, 0.2) is 0 Å². The highest BCUT2D eigenvalue weighted by Crippen LogP contribution is 2.35. The Balaban J connectivity index is 1.84. The third kappa shape index (κ3) is 4.25. The second kappa shape index (κ2) is 7.89. The Morgan fingerprint density at radius 1 is 1.29 bits per heavy atom. The van der Waals surface area contributed by atoms with Crippen molar-refractivity contribution < 1.29 is 27.9 Å². The molecule has 2 aromatic carbocycles. The van der Waals surface area contributed by atoms with Gasteiger partial charge >= 0.3 is 16.2 Å². The lowest BCUT2D eigenvalue weighted by molar-refractivity contribution is -0.143. The predicted octanol–water partition coefficient (Wildman–Crippen LogP) is 2.08. The number of carbonyl (C=O) groups excluding carboxylic acids is 2. The summed E-state index contributed by atoms with van der Waals surface area (Å²) in [6.07, 6.45) is 4.54. The quantitative estimate of drug-likeness (QED) is 0.713. The van der Waals surface area contributed by atoms with Crippen LogP contribution >= 0.6 is 0 Å². The summed E-state index contributed by atoms with van der Waals surface area (Å²) in [5.41, 5.74) is 0.890. The van der Waals surface area contributed by atoms with Gasteiger partial charge in [0.2, 0.25) is 0 Å². The van der Waals surface area contributed by atoms with E-state index in [0.717, 1.165) is 15.3 Å². The molecule has 9 heteroatoms. The molecule has 0 bridgehead atoms. The molecule has 2 aromatic rings. The standard InChI is InChI=1S/C19H20N2O6S/c1-2-27-19(24)6-4-3-5-13-7-8-14-11-17(22)16(10-15(14)9-13)21-12-18(23)20-28(21,25)26/h3,5,7-11,22H,2,4,6,12H2,1H3,(H,20,23). The minimum atomic E-state index is -4.01. The van der Waals surface area contributed by atoms with Gasteiger partial charge in [-0.15, -0.1) is 0 Å². The van der Waals surface area contributed by atoms with E-state index >= 15 is 0 Å². The number of phenols is 1. The van der Waals surface area contributed by atoms with Crippen molar-refractivity contribution in [1.82, 2.24) is 4.72 Å². The van der Waals surface area contributed by atoms with Gasteiger partial charge in [-0.2, -0.15) is 8.42 Å². The highest BCUT2D eigenvalue weighted by Gasteiger charge is 2.35. The van der Waals surface area contributed by atoms with Gasteiger partial charge in [-0.05, 0) is 47.9 Å². The summed E-state index contributed by atoms with van der Waals surface area (Å²) in [5, 5.41) is 11.6. The summed E-state index contributed by atoms with van der Waals surface area (Å²) >= 11 is 0. The van der Waals surface area contributed by atoms with E-state index in [1.54, 1.807) is 13.0 Å². The van der Waals surface area contributed by atoms with Gasteiger partial charge in [0.1, 0.15) is 12.3 Å². The molecule has 0 radical (unpaired) electrons. The van der Waals surface area contributed by atoms with Crippen molar-refractivity contribution in [2.45, 2.75) is 19.8 Å². The number of anilines is 1. The van der Waals surface area contributed by atoms with Crippen LogP contribution in [0.15, 0.2) is 36.4 Å². The maximum Gasteiger partial charge on any atom is 0.326 e. The molecule has 0 atom stereocenters. The molecule has 3 rings (SSSR count). The zero-order chi connectivity index (χ0) is 20.3. The first-order valence-electron chi connectivity index (χ1n) is 8.72. The van der Waals surface area contributed by atoms with E-state index in [0.29, 0.717) is 24.8 Å². The molecule has 1 amide bonds. The van der Waals surface area contributed by atoms with E-state index in [1.807, 2.05) is 29.0 Å². The molecule has 8 nitrogen and oxygen atoms in total. The Kier molecular flexibility index (Phi) is 5.55. The van der Waals surface area contributed by atoms with Crippen LogP contribution in [-0.2, 0) is 24.5 Å². The smallest absolute Gasteiger partial charge is 0.326 e. The Hall–Kier alpha value is -3.07. The molecule has 0 aliphatic carbocycles. The van der Waals surface area contributed by atoms with Gasteiger partial charge in [0, 0.05) is 6.42 Å². The largest absolute Gasteiger partial charge is 0.506 e. The van der Waals surface area contributed by atoms with Crippen molar-refractivity contribution in [2.75, 3.05) is 17.5 Å². The number of benzene rings is 2. The number of amides is 1. The topological polar surface area (TPSA) is 113 Å². The first-order valence-corrected chi connectivity index (χ1v) is 10.2. The lowest BCUT2D eigenvalue weighted by atomic mass is 10.0. The van der Waals surface area contributed by atoms with Crippen molar-refractivity contribution in [3.05, 3.63) is 42.0 Å². The summed E-state index contributed by atoms with van der Waals surface area (Å²) < 4.78 is 31.7. The molecule has 148 valence electrons. The lowest BCUT2D eigenvalue weighted by Crippen LogP contribution is -2.29. The van der Waals surface area contributed by atoms with Crippen LogP contribution < -0.4 is 9.03 Å². The molecule has 0 unspecified atom stereocenters. The van der Waals surface area contributed by atoms with Crippen LogP contribution in [0.1, 0.15) is 25.3 Å². The highest BCUT2D eigenvalue weighted by atomic mass is 32.2. The zero-order valence-corrected chi connectivity index (χ0v) is 16.0. The van der Waals surface area contributed by atoms with Crippen molar-refractivity contribution in [2.24, 2.45) is 0 Å². The molecule has 1 saturated heterocycles. The Bertz CT molecular complexity index is 1060. The van der Waals surface area contributed by atoms with E-state index in [1.165, 1.54) is 12.1 Å². The minimum absolute atomic E-state index is 0.0364. The summed E-state index contributed by atoms with van der Waals surface area (Å²) in [6.45, 7) is 1.74. The molecule has 28 heavy (non-hydrogen) atoms. The first-order chi connectivity index (χ1) is 13.3. The first kappa shape index (κ1) is 19.7. The second-order valence-corrected chi connectivity index (χ2v) is 7.83. The number of fused-ring (bicyclic) bond motifs is 1. The molecule has 0 saturated carbocycles. The molecule has 1 aliphatic rings. The predicted molar refractivity (Wildman–Crippen MR) is 105 cm³/mol. The van der Waals surface area contributed by atoms with Crippen molar-refractivity contribution >= 4 is 44.6 Å². The number of ether oxygens (including phenoxy) is 1. The monoisotopic (exact) mass is 404 g/mol. The van der Waals surface area contributed by atoms with Gasteiger partial charge in [-0.3, -0.25) is 9.59 Å². The third-order valence-corrected chi connectivity index (χ3v) is 5.57. The van der Waals surface area contributed by atoms with Gasteiger partial charge in [0.25, 0.3) is 5.91 Å². The summed E-state index contributed by atoms with van der Waals surface area (Å²) in [4.78, 5) is 22.8. The molecule has 2 N–H and O–H groups in total. The number of esters is 1. The molecular formula is C19H20N2O6S. The van der Waals surface area contributed by atoms with Crippen LogP contribution in [0, 0.1) is 0 Å². The van der Waals surface area contributed by atoms with Crippen LogP contribution in [0.25, 0.3) is 16.8 Å². The number of nitrogens with zero attached hydrogens (tertiary/aromatic N) is 1. The van der Waals surface area contributed by atoms with Crippen LogP contribution in [-0.4, -0.2) is 38.6 Å². The fourth-order valence-corrected chi connectivity index (χ4v) is 4.07. The Morgan fingerprint density at radius 2 is 2.07 bits per heavy atom. The van der Waals surface area contributed by atoms with Crippen molar-refractivity contribution in [3.63, 3.8) is 0 Å². The van der Waals surface area contributed by atoms with Gasteiger partial charge < -0.3 is 9.84 Å². The molecule has 1 aliphatic heterocycles. The Labute approximate surface area is 162 Å². The van der Waals surface area contributed by atoms with E-state index in [4.69, 9.17) is 4.74 Å².